The van der Waals surface area contributed by atoms with E-state index in [1.807, 2.05) is 0 Å². The van der Waals surface area contributed by atoms with Gasteiger partial charge in [-0.2, -0.15) is 0 Å². The zero-order chi connectivity index (χ0) is 11.9. The van der Waals surface area contributed by atoms with E-state index in [0.717, 1.165) is 38.9 Å². The fourth-order valence-corrected chi connectivity index (χ4v) is 2.42. The van der Waals surface area contributed by atoms with Crippen LogP contribution in [0, 0.1) is 0 Å². The lowest BCUT2D eigenvalue weighted by Gasteiger charge is -2.28. The molecule has 2 saturated heterocycles. The maximum Gasteiger partial charge on any atom is 0.145 e. The first-order valence-corrected chi connectivity index (χ1v) is 6.58. The van der Waals surface area contributed by atoms with E-state index in [1.165, 1.54) is 4.70 Å². The van der Waals surface area contributed by atoms with Gasteiger partial charge in [0.25, 0.3) is 0 Å². The van der Waals surface area contributed by atoms with Gasteiger partial charge in [0.05, 0.1) is 39.6 Å². The Kier molecular flexibility index (Phi) is 5.35. The number of hydrogen-bond donors (Lipinski definition) is 0. The predicted octanol–water partition coefficient (Wildman–Crippen LogP) is 1.40. The van der Waals surface area contributed by atoms with Gasteiger partial charge in [0.2, 0.25) is 0 Å². The third-order valence-electron chi connectivity index (χ3n) is 3.50. The van der Waals surface area contributed by atoms with E-state index in [1.54, 1.807) is 0 Å². The van der Waals surface area contributed by atoms with Crippen molar-refractivity contribution < 1.29 is 18.9 Å². The van der Waals surface area contributed by atoms with Crippen LogP contribution in [-0.4, -0.2) is 56.4 Å². The van der Waals surface area contributed by atoms with Gasteiger partial charge in [-0.3, -0.25) is 0 Å². The maximum atomic E-state index is 10.3. The summed E-state index contributed by atoms with van der Waals surface area (Å²) in [6.07, 6.45) is 3.46. The third kappa shape index (κ3) is 4.01. The van der Waals surface area contributed by atoms with Crippen molar-refractivity contribution in [1.29, 1.82) is 0 Å². The van der Waals surface area contributed by atoms with Crippen molar-refractivity contribution in [3.63, 3.8) is 0 Å². The Morgan fingerprint density at radius 2 is 1.00 bits per heavy atom. The van der Waals surface area contributed by atoms with Crippen LogP contribution in [0.2, 0.25) is 0 Å². The molecule has 98 valence electrons. The van der Waals surface area contributed by atoms with Crippen LogP contribution in [0.25, 0.3) is 5.53 Å². The zero-order valence-electron chi connectivity index (χ0n) is 10.3. The van der Waals surface area contributed by atoms with E-state index in [-0.39, 0.29) is 12.1 Å². The minimum absolute atomic E-state index is 0.151. The van der Waals surface area contributed by atoms with Crippen LogP contribution in [0.15, 0.2) is 0 Å². The molecule has 0 aromatic rings. The second-order valence-electron chi connectivity index (χ2n) is 4.68. The lowest BCUT2D eigenvalue weighted by Crippen LogP contribution is -2.38. The van der Waals surface area contributed by atoms with Crippen LogP contribution in [-0.2, 0) is 14.2 Å². The van der Waals surface area contributed by atoms with Crippen molar-refractivity contribution >= 4 is 0 Å². The summed E-state index contributed by atoms with van der Waals surface area (Å²) in [5.74, 6) is 0. The molecular formula is C12H22N2O3. The van der Waals surface area contributed by atoms with Crippen molar-refractivity contribution in [1.82, 2.24) is 0 Å². The van der Waals surface area contributed by atoms with Crippen molar-refractivity contribution in [3.8, 4) is 0 Å². The molecule has 2 bridgehead atoms. The second-order valence-corrected chi connectivity index (χ2v) is 4.68. The van der Waals surface area contributed by atoms with Gasteiger partial charge in [-0.25, -0.2) is 0 Å². The Hall–Kier alpha value is -0.520. The summed E-state index contributed by atoms with van der Waals surface area (Å²) >= 11 is 0. The van der Waals surface area contributed by atoms with E-state index in [4.69, 9.17) is 14.2 Å². The Morgan fingerprint density at radius 1 is 0.647 bits per heavy atom. The molecule has 17 heavy (non-hydrogen) atoms. The molecule has 0 N–H and O–H groups in total. The Bertz CT molecular complexity index is 226. The summed E-state index contributed by atoms with van der Waals surface area (Å²) in [4.78, 5) is 0. The molecule has 2 fully saturated rings. The van der Waals surface area contributed by atoms with Crippen LogP contribution < -0.4 is 0 Å². The fourth-order valence-electron chi connectivity index (χ4n) is 2.42. The highest BCUT2D eigenvalue weighted by Gasteiger charge is 2.26. The van der Waals surface area contributed by atoms with Crippen LogP contribution in [0.4, 0.5) is 0 Å². The first-order chi connectivity index (χ1) is 8.38. The highest BCUT2D eigenvalue weighted by molar-refractivity contribution is 4.65. The van der Waals surface area contributed by atoms with Gasteiger partial charge in [0.15, 0.2) is 0 Å². The van der Waals surface area contributed by atoms with E-state index in [0.29, 0.717) is 26.4 Å². The van der Waals surface area contributed by atoms with Crippen molar-refractivity contribution in [3.05, 3.63) is 5.53 Å². The van der Waals surface area contributed by atoms with E-state index in [9.17, 15) is 5.53 Å². The number of nitrogens with zero attached hydrogens (tertiary/aromatic N) is 2. The monoisotopic (exact) mass is 242 g/mol. The minimum Gasteiger partial charge on any atom is -0.506 e. The van der Waals surface area contributed by atoms with Gasteiger partial charge in [-0.05, 0) is 0 Å². The van der Waals surface area contributed by atoms with Crippen molar-refractivity contribution in [2.24, 2.45) is 0 Å². The highest BCUT2D eigenvalue weighted by Crippen LogP contribution is 2.17. The predicted molar refractivity (Wildman–Crippen MR) is 62.1 cm³/mol. The molecule has 5 heteroatoms. The summed E-state index contributed by atoms with van der Waals surface area (Å²) in [5, 5.41) is 0. The molecule has 2 aliphatic rings. The molecule has 2 heterocycles. The fraction of sp³-hybridized carbons (Fsp3) is 1.00. The first-order valence-electron chi connectivity index (χ1n) is 6.58. The van der Waals surface area contributed by atoms with Crippen LogP contribution in [0.3, 0.4) is 0 Å². The molecule has 2 rings (SSSR count). The lowest BCUT2D eigenvalue weighted by atomic mass is 10.0. The normalized spacial score (nSPS) is 33.3. The maximum absolute atomic E-state index is 10.3. The minimum atomic E-state index is 0.151. The molecule has 0 aromatic heterocycles. The van der Waals surface area contributed by atoms with Gasteiger partial charge in [0.1, 0.15) is 12.1 Å². The Labute approximate surface area is 103 Å². The average molecular weight is 242 g/mol. The number of hydrogen-bond acceptors (Lipinski definition) is 3. The summed E-state index contributed by atoms with van der Waals surface area (Å²) in [6.45, 7) is 4.12. The SMILES string of the molecule is [N-]=[N+]1C2CCOCCOCCC1CCOCC2. The van der Waals surface area contributed by atoms with E-state index < -0.39 is 0 Å². The Morgan fingerprint density at radius 3 is 1.41 bits per heavy atom. The molecule has 0 saturated carbocycles. The molecule has 0 aromatic carbocycles. The van der Waals surface area contributed by atoms with E-state index in [2.05, 4.69) is 0 Å². The van der Waals surface area contributed by atoms with Crippen LogP contribution in [0.5, 0.6) is 0 Å². The molecule has 2 unspecified atom stereocenters. The average Bonchev–Trinajstić information content (AvgIpc) is 2.36. The van der Waals surface area contributed by atoms with Crippen molar-refractivity contribution in [2.75, 3.05) is 39.6 Å². The third-order valence-corrected chi connectivity index (χ3v) is 3.50. The molecule has 5 nitrogen and oxygen atoms in total. The molecule has 2 atom stereocenters. The number of rotatable bonds is 0. The molecule has 2 aliphatic heterocycles. The molecule has 0 radical (unpaired) electrons. The highest BCUT2D eigenvalue weighted by atomic mass is 16.5. The summed E-state index contributed by atoms with van der Waals surface area (Å²) in [5.41, 5.74) is 10.3. The van der Waals surface area contributed by atoms with Crippen LogP contribution >= 0.6 is 0 Å². The van der Waals surface area contributed by atoms with Gasteiger partial charge in [-0.15, -0.1) is 0 Å². The summed E-state index contributed by atoms with van der Waals surface area (Å²) in [6, 6.07) is 0.303. The quantitative estimate of drug-likeness (QED) is 0.603. The Balaban J connectivity index is 1.99. The van der Waals surface area contributed by atoms with Gasteiger partial charge >= 0.3 is 0 Å². The number of ether oxygens (including phenoxy) is 3. The topological polar surface area (TPSA) is 53.0 Å². The molecule has 0 spiro atoms. The first kappa shape index (κ1) is 12.9. The molecular weight excluding hydrogens is 220 g/mol. The summed E-state index contributed by atoms with van der Waals surface area (Å²) in [7, 11) is 0. The van der Waals surface area contributed by atoms with Gasteiger partial charge < -0.3 is 24.4 Å². The summed E-state index contributed by atoms with van der Waals surface area (Å²) < 4.78 is 18.0. The smallest absolute Gasteiger partial charge is 0.145 e. The van der Waals surface area contributed by atoms with Crippen LogP contribution in [0.1, 0.15) is 25.7 Å². The molecule has 0 aliphatic carbocycles. The lowest BCUT2D eigenvalue weighted by molar-refractivity contribution is -0.627. The molecule has 0 amide bonds. The van der Waals surface area contributed by atoms with Crippen molar-refractivity contribution in [2.45, 2.75) is 37.8 Å². The number of fused-ring (bicyclic) bond motifs is 2. The second kappa shape index (κ2) is 7.03. The zero-order valence-corrected chi connectivity index (χ0v) is 10.3. The van der Waals surface area contributed by atoms with Gasteiger partial charge in [0, 0.05) is 25.7 Å². The standard InChI is InChI=1S/C12H22N2O3/c13-14-11-1-5-15-6-2-12(14)4-8-17-10-9-16-7-3-11/h11-12H,1-10H2. The van der Waals surface area contributed by atoms with Gasteiger partial charge in [-0.1, -0.05) is 0 Å². The largest absolute Gasteiger partial charge is 0.506 e. The van der Waals surface area contributed by atoms with E-state index >= 15 is 0 Å².